The first-order chi connectivity index (χ1) is 9.08. The van der Waals surface area contributed by atoms with E-state index in [2.05, 4.69) is 23.1 Å². The third-order valence-electron chi connectivity index (χ3n) is 3.29. The summed E-state index contributed by atoms with van der Waals surface area (Å²) in [4.78, 5) is 25.9. The summed E-state index contributed by atoms with van der Waals surface area (Å²) < 4.78 is 0. The lowest BCUT2D eigenvalue weighted by Gasteiger charge is -2.25. The van der Waals surface area contributed by atoms with E-state index in [1.165, 1.54) is 0 Å². The molecule has 1 aliphatic heterocycles. The number of carboxylic acid groups (broad SMARTS) is 1. The minimum atomic E-state index is -1.07. The van der Waals surface area contributed by atoms with Gasteiger partial charge < -0.3 is 15.3 Å². The van der Waals surface area contributed by atoms with Crippen molar-refractivity contribution in [2.45, 2.75) is 25.8 Å². The highest BCUT2D eigenvalue weighted by Gasteiger charge is 2.24. The topological polar surface area (TPSA) is 72.9 Å². The van der Waals surface area contributed by atoms with Gasteiger partial charge in [-0.25, -0.2) is 4.79 Å². The Hall–Kier alpha value is -1.74. The van der Waals surface area contributed by atoms with E-state index < -0.39 is 12.0 Å². The molecule has 6 nitrogen and oxygen atoms in total. The van der Waals surface area contributed by atoms with Crippen LogP contribution in [-0.2, 0) is 4.79 Å². The Morgan fingerprint density at radius 1 is 1.58 bits per heavy atom. The van der Waals surface area contributed by atoms with Gasteiger partial charge >= 0.3 is 12.0 Å². The van der Waals surface area contributed by atoms with Crippen molar-refractivity contribution in [3.8, 4) is 12.3 Å². The molecule has 0 aromatic heterocycles. The van der Waals surface area contributed by atoms with Crippen LogP contribution in [0.4, 0.5) is 4.79 Å². The second-order valence-electron chi connectivity index (χ2n) is 4.56. The van der Waals surface area contributed by atoms with Crippen molar-refractivity contribution in [3.05, 3.63) is 0 Å². The summed E-state index contributed by atoms with van der Waals surface area (Å²) in [5.41, 5.74) is 0. The number of aliphatic carboxylic acids is 1. The minimum Gasteiger partial charge on any atom is -0.480 e. The van der Waals surface area contributed by atoms with Crippen molar-refractivity contribution in [1.82, 2.24) is 15.1 Å². The number of carbonyl (C=O) groups is 2. The van der Waals surface area contributed by atoms with Crippen molar-refractivity contribution in [2.24, 2.45) is 0 Å². The van der Waals surface area contributed by atoms with Crippen LogP contribution >= 0.6 is 0 Å². The Balaban J connectivity index is 2.43. The number of likely N-dealkylation sites (tertiary alicyclic amines) is 1. The Kier molecular flexibility index (Phi) is 6.16. The average Bonchev–Trinajstić information content (AvgIpc) is 2.82. The van der Waals surface area contributed by atoms with E-state index in [0.717, 1.165) is 30.8 Å². The highest BCUT2D eigenvalue weighted by Crippen LogP contribution is 2.15. The van der Waals surface area contributed by atoms with E-state index in [4.69, 9.17) is 11.5 Å². The van der Waals surface area contributed by atoms with Crippen LogP contribution in [0, 0.1) is 12.3 Å². The van der Waals surface area contributed by atoms with Gasteiger partial charge in [0.1, 0.15) is 6.54 Å². The summed E-state index contributed by atoms with van der Waals surface area (Å²) in [5, 5.41) is 11.5. The zero-order valence-electron chi connectivity index (χ0n) is 11.3. The zero-order chi connectivity index (χ0) is 14.3. The molecular formula is C13H21N3O3. The predicted octanol–water partition coefficient (Wildman–Crippen LogP) is 0.200. The summed E-state index contributed by atoms with van der Waals surface area (Å²) in [6.07, 6.45) is 7.33. The van der Waals surface area contributed by atoms with Crippen molar-refractivity contribution in [3.63, 3.8) is 0 Å². The molecule has 1 fully saturated rings. The molecule has 0 aromatic rings. The van der Waals surface area contributed by atoms with Crippen LogP contribution in [0.1, 0.15) is 19.8 Å². The molecule has 2 N–H and O–H groups in total. The van der Waals surface area contributed by atoms with Gasteiger partial charge in [-0.3, -0.25) is 9.69 Å². The number of urea groups is 1. The monoisotopic (exact) mass is 267 g/mol. The molecule has 0 saturated carbocycles. The van der Waals surface area contributed by atoms with Gasteiger partial charge in [0, 0.05) is 12.6 Å². The van der Waals surface area contributed by atoms with E-state index in [0.29, 0.717) is 12.6 Å². The largest absolute Gasteiger partial charge is 0.480 e. The molecule has 1 aliphatic rings. The standard InChI is InChI=1S/C13H21N3O3/c1-3-7-16(10-12(17)18)13(19)14-9-11-6-5-8-15(11)4-2/h1,11H,4-10H2,2H3,(H,14,19)(H,17,18). The van der Waals surface area contributed by atoms with Gasteiger partial charge in [0.25, 0.3) is 0 Å². The first-order valence-corrected chi connectivity index (χ1v) is 6.50. The fourth-order valence-corrected chi connectivity index (χ4v) is 2.33. The number of terminal acetylenes is 1. The van der Waals surface area contributed by atoms with Crippen LogP contribution < -0.4 is 5.32 Å². The van der Waals surface area contributed by atoms with E-state index in [-0.39, 0.29) is 13.1 Å². The highest BCUT2D eigenvalue weighted by atomic mass is 16.4. The summed E-state index contributed by atoms with van der Waals surface area (Å²) in [7, 11) is 0. The minimum absolute atomic E-state index is 0.000290. The van der Waals surface area contributed by atoms with Crippen molar-refractivity contribution in [1.29, 1.82) is 0 Å². The third kappa shape index (κ3) is 4.79. The van der Waals surface area contributed by atoms with Crippen LogP contribution in [0.25, 0.3) is 0 Å². The molecule has 1 unspecified atom stereocenters. The molecule has 0 bridgehead atoms. The molecule has 106 valence electrons. The summed E-state index contributed by atoms with van der Waals surface area (Å²) in [6, 6.07) is -0.0743. The molecule has 1 rings (SSSR count). The molecule has 2 amide bonds. The zero-order valence-corrected chi connectivity index (χ0v) is 11.3. The number of likely N-dealkylation sites (N-methyl/N-ethyl adjacent to an activating group) is 1. The lowest BCUT2D eigenvalue weighted by molar-refractivity contribution is -0.137. The lowest BCUT2D eigenvalue weighted by atomic mass is 10.2. The smallest absolute Gasteiger partial charge is 0.323 e. The molecule has 0 aliphatic carbocycles. The van der Waals surface area contributed by atoms with Gasteiger partial charge in [-0.05, 0) is 25.9 Å². The molecule has 1 heterocycles. The number of amides is 2. The highest BCUT2D eigenvalue weighted by molar-refractivity contribution is 5.80. The molecule has 0 aromatic carbocycles. The molecule has 6 heteroatoms. The van der Waals surface area contributed by atoms with E-state index in [9.17, 15) is 9.59 Å². The van der Waals surface area contributed by atoms with Gasteiger partial charge in [0.2, 0.25) is 0 Å². The summed E-state index contributed by atoms with van der Waals surface area (Å²) >= 11 is 0. The SMILES string of the molecule is C#CCN(CC(=O)O)C(=O)NCC1CCCN1CC. The maximum atomic E-state index is 11.9. The van der Waals surface area contributed by atoms with Crippen LogP contribution in [0.2, 0.25) is 0 Å². The van der Waals surface area contributed by atoms with Crippen molar-refractivity contribution >= 4 is 12.0 Å². The predicted molar refractivity (Wildman–Crippen MR) is 71.7 cm³/mol. The summed E-state index contributed by atoms with van der Waals surface area (Å²) in [6.45, 7) is 4.27. The number of carboxylic acids is 1. The Morgan fingerprint density at radius 3 is 2.89 bits per heavy atom. The molecule has 19 heavy (non-hydrogen) atoms. The number of hydrogen-bond donors (Lipinski definition) is 2. The fraction of sp³-hybridized carbons (Fsp3) is 0.692. The van der Waals surface area contributed by atoms with Crippen molar-refractivity contribution in [2.75, 3.05) is 32.7 Å². The maximum Gasteiger partial charge on any atom is 0.323 e. The third-order valence-corrected chi connectivity index (χ3v) is 3.29. The van der Waals surface area contributed by atoms with Gasteiger partial charge in [-0.15, -0.1) is 6.42 Å². The van der Waals surface area contributed by atoms with Crippen LogP contribution in [0.3, 0.4) is 0 Å². The van der Waals surface area contributed by atoms with Gasteiger partial charge in [-0.2, -0.15) is 0 Å². The first-order valence-electron chi connectivity index (χ1n) is 6.50. The van der Waals surface area contributed by atoms with Crippen LogP contribution in [0.5, 0.6) is 0 Å². The Labute approximate surface area is 113 Å². The quantitative estimate of drug-likeness (QED) is 0.674. The van der Waals surface area contributed by atoms with Gasteiger partial charge in [-0.1, -0.05) is 12.8 Å². The number of carbonyl (C=O) groups excluding carboxylic acids is 1. The number of nitrogens with one attached hydrogen (secondary N) is 1. The van der Waals surface area contributed by atoms with Crippen LogP contribution in [0.15, 0.2) is 0 Å². The fourth-order valence-electron chi connectivity index (χ4n) is 2.33. The lowest BCUT2D eigenvalue weighted by Crippen LogP contribution is -2.47. The van der Waals surface area contributed by atoms with E-state index in [1.54, 1.807) is 0 Å². The van der Waals surface area contributed by atoms with Gasteiger partial charge in [0.05, 0.1) is 6.54 Å². The van der Waals surface area contributed by atoms with Crippen molar-refractivity contribution < 1.29 is 14.7 Å². The van der Waals surface area contributed by atoms with E-state index in [1.807, 2.05) is 0 Å². The normalized spacial score (nSPS) is 18.8. The Morgan fingerprint density at radius 2 is 2.32 bits per heavy atom. The van der Waals surface area contributed by atoms with Gasteiger partial charge in [0.15, 0.2) is 0 Å². The first kappa shape index (κ1) is 15.3. The summed E-state index contributed by atoms with van der Waals surface area (Å²) in [5.74, 6) is 1.23. The molecule has 0 radical (unpaired) electrons. The molecule has 1 atom stereocenters. The molecular weight excluding hydrogens is 246 g/mol. The van der Waals surface area contributed by atoms with Crippen LogP contribution in [-0.4, -0.2) is 65.7 Å². The average molecular weight is 267 g/mol. The Bertz CT molecular complexity index is 365. The number of rotatable bonds is 6. The number of nitrogens with zero attached hydrogens (tertiary/aromatic N) is 2. The molecule has 1 saturated heterocycles. The van der Waals surface area contributed by atoms with E-state index >= 15 is 0 Å². The maximum absolute atomic E-state index is 11.9. The second kappa shape index (κ2) is 7.64. The molecule has 0 spiro atoms. The second-order valence-corrected chi connectivity index (χ2v) is 4.56. The number of hydrogen-bond acceptors (Lipinski definition) is 3.